The van der Waals surface area contributed by atoms with E-state index in [-0.39, 0.29) is 12.3 Å². The topological polar surface area (TPSA) is 60.5 Å². The summed E-state index contributed by atoms with van der Waals surface area (Å²) in [6.07, 6.45) is -2.98. The number of halogens is 3. The van der Waals surface area contributed by atoms with Crippen molar-refractivity contribution in [3.63, 3.8) is 0 Å². The molecule has 1 N–H and O–H groups in total. The molecule has 0 atom stereocenters. The van der Waals surface area contributed by atoms with E-state index in [4.69, 9.17) is 9.47 Å². The smallest absolute Gasteiger partial charge is 0.416 e. The lowest BCUT2D eigenvalue weighted by Gasteiger charge is -2.12. The summed E-state index contributed by atoms with van der Waals surface area (Å²) < 4.78 is 48.7. The Morgan fingerprint density at radius 1 is 1.00 bits per heavy atom. The maximum absolute atomic E-state index is 12.6. The van der Waals surface area contributed by atoms with Gasteiger partial charge in [-0.25, -0.2) is 4.98 Å². The van der Waals surface area contributed by atoms with Crippen molar-refractivity contribution in [3.8, 4) is 17.4 Å². The monoisotopic (exact) mass is 402 g/mol. The van der Waals surface area contributed by atoms with Crippen LogP contribution in [0, 0.1) is 0 Å². The van der Waals surface area contributed by atoms with Crippen LogP contribution in [0.5, 0.6) is 17.4 Å². The van der Waals surface area contributed by atoms with E-state index >= 15 is 0 Å². The minimum atomic E-state index is -4.41. The summed E-state index contributed by atoms with van der Waals surface area (Å²) in [6.45, 7) is 0. The molecule has 0 radical (unpaired) electrons. The Kier molecular flexibility index (Phi) is 6.01. The van der Waals surface area contributed by atoms with E-state index in [0.29, 0.717) is 22.7 Å². The SMILES string of the molecule is COc1ccc(Oc2ncccc2NC(=O)Cc2ccc(C(F)(F)F)cc2)cc1. The summed E-state index contributed by atoms with van der Waals surface area (Å²) in [5.74, 6) is 0.960. The molecule has 0 spiro atoms. The van der Waals surface area contributed by atoms with Crippen LogP contribution in [0.15, 0.2) is 66.9 Å². The van der Waals surface area contributed by atoms with Crippen molar-refractivity contribution in [2.75, 3.05) is 12.4 Å². The highest BCUT2D eigenvalue weighted by Gasteiger charge is 2.30. The number of nitrogens with zero attached hydrogens (tertiary/aromatic N) is 1. The van der Waals surface area contributed by atoms with Crippen LogP contribution in [0.4, 0.5) is 18.9 Å². The molecule has 3 rings (SSSR count). The molecule has 0 saturated carbocycles. The summed E-state index contributed by atoms with van der Waals surface area (Å²) in [5, 5.41) is 2.67. The fraction of sp³-hybridized carbons (Fsp3) is 0.143. The quantitative estimate of drug-likeness (QED) is 0.625. The second kappa shape index (κ2) is 8.64. The number of hydrogen-bond donors (Lipinski definition) is 1. The number of methoxy groups -OCH3 is 1. The van der Waals surface area contributed by atoms with Crippen LogP contribution < -0.4 is 14.8 Å². The van der Waals surface area contributed by atoms with Crippen molar-refractivity contribution in [1.29, 1.82) is 0 Å². The Bertz CT molecular complexity index is 972. The summed E-state index contributed by atoms with van der Waals surface area (Å²) in [6, 6.07) is 14.5. The first kappa shape index (κ1) is 20.2. The zero-order chi connectivity index (χ0) is 20.9. The molecule has 29 heavy (non-hydrogen) atoms. The van der Waals surface area contributed by atoms with Crippen LogP contribution in [0.25, 0.3) is 0 Å². The van der Waals surface area contributed by atoms with Crippen molar-refractivity contribution < 1.29 is 27.4 Å². The molecule has 0 aliphatic carbocycles. The lowest BCUT2D eigenvalue weighted by molar-refractivity contribution is -0.137. The van der Waals surface area contributed by atoms with E-state index in [9.17, 15) is 18.0 Å². The van der Waals surface area contributed by atoms with Crippen molar-refractivity contribution >= 4 is 11.6 Å². The number of carbonyl (C=O) groups excluding carboxylic acids is 1. The molecule has 0 aliphatic heterocycles. The Morgan fingerprint density at radius 2 is 1.66 bits per heavy atom. The Morgan fingerprint density at radius 3 is 2.28 bits per heavy atom. The molecule has 0 unspecified atom stereocenters. The van der Waals surface area contributed by atoms with Gasteiger partial charge in [-0.1, -0.05) is 12.1 Å². The molecular weight excluding hydrogens is 385 g/mol. The van der Waals surface area contributed by atoms with Crippen LogP contribution in [0.2, 0.25) is 0 Å². The number of carbonyl (C=O) groups is 1. The number of alkyl halides is 3. The predicted molar refractivity (Wildman–Crippen MR) is 101 cm³/mol. The fourth-order valence-corrected chi connectivity index (χ4v) is 2.51. The molecule has 5 nitrogen and oxygen atoms in total. The van der Waals surface area contributed by atoms with Crippen molar-refractivity contribution in [1.82, 2.24) is 4.98 Å². The van der Waals surface area contributed by atoms with Gasteiger partial charge in [0, 0.05) is 6.20 Å². The zero-order valence-corrected chi connectivity index (χ0v) is 15.4. The van der Waals surface area contributed by atoms with Gasteiger partial charge in [0.1, 0.15) is 17.2 Å². The summed E-state index contributed by atoms with van der Waals surface area (Å²) >= 11 is 0. The summed E-state index contributed by atoms with van der Waals surface area (Å²) in [7, 11) is 1.55. The third-order valence-electron chi connectivity index (χ3n) is 3.97. The van der Waals surface area contributed by atoms with Gasteiger partial charge in [0.2, 0.25) is 11.8 Å². The molecule has 1 heterocycles. The molecule has 150 valence electrons. The molecule has 3 aromatic rings. The largest absolute Gasteiger partial charge is 0.497 e. The second-order valence-corrected chi connectivity index (χ2v) is 6.05. The van der Waals surface area contributed by atoms with Crippen LogP contribution in [-0.2, 0) is 17.4 Å². The average molecular weight is 402 g/mol. The standard InChI is InChI=1S/C21H17F3N2O3/c1-28-16-8-10-17(11-9-16)29-20-18(3-2-12-25-20)26-19(27)13-14-4-6-15(7-5-14)21(22,23)24/h2-12H,13H2,1H3,(H,26,27). The van der Waals surface area contributed by atoms with E-state index in [1.54, 1.807) is 43.5 Å². The Balaban J connectivity index is 1.67. The van der Waals surface area contributed by atoms with E-state index in [2.05, 4.69) is 10.3 Å². The fourth-order valence-electron chi connectivity index (χ4n) is 2.51. The number of pyridine rings is 1. The van der Waals surface area contributed by atoms with Crippen LogP contribution in [0.3, 0.4) is 0 Å². The second-order valence-electron chi connectivity index (χ2n) is 6.05. The molecule has 0 aliphatic rings. The maximum atomic E-state index is 12.6. The first-order valence-corrected chi connectivity index (χ1v) is 8.58. The predicted octanol–water partition coefficient (Wildman–Crippen LogP) is 5.08. The highest BCUT2D eigenvalue weighted by Crippen LogP contribution is 2.30. The molecule has 0 fully saturated rings. The number of aromatic nitrogens is 1. The van der Waals surface area contributed by atoms with Gasteiger partial charge in [0.05, 0.1) is 19.1 Å². The Labute approximate surface area is 165 Å². The van der Waals surface area contributed by atoms with Gasteiger partial charge in [-0.05, 0) is 54.1 Å². The number of benzene rings is 2. The average Bonchev–Trinajstić information content (AvgIpc) is 2.70. The zero-order valence-electron chi connectivity index (χ0n) is 15.4. The normalized spacial score (nSPS) is 11.0. The maximum Gasteiger partial charge on any atom is 0.416 e. The molecule has 0 bridgehead atoms. The van der Waals surface area contributed by atoms with Gasteiger partial charge in [0.15, 0.2) is 0 Å². The van der Waals surface area contributed by atoms with Crippen molar-refractivity contribution in [3.05, 3.63) is 78.0 Å². The van der Waals surface area contributed by atoms with Gasteiger partial charge in [-0.2, -0.15) is 13.2 Å². The van der Waals surface area contributed by atoms with Crippen molar-refractivity contribution in [2.45, 2.75) is 12.6 Å². The molecular formula is C21H17F3N2O3. The van der Waals surface area contributed by atoms with Crippen LogP contribution in [-0.4, -0.2) is 18.0 Å². The first-order chi connectivity index (χ1) is 13.8. The molecule has 1 aromatic heterocycles. The third-order valence-corrected chi connectivity index (χ3v) is 3.97. The molecule has 0 saturated heterocycles. The third kappa shape index (κ3) is 5.47. The first-order valence-electron chi connectivity index (χ1n) is 8.58. The van der Waals surface area contributed by atoms with E-state index < -0.39 is 17.6 Å². The van der Waals surface area contributed by atoms with Gasteiger partial charge in [-0.3, -0.25) is 4.79 Å². The molecule has 1 amide bonds. The minimum absolute atomic E-state index is 0.0883. The van der Waals surface area contributed by atoms with Crippen molar-refractivity contribution in [2.24, 2.45) is 0 Å². The number of hydrogen-bond acceptors (Lipinski definition) is 4. The molecule has 8 heteroatoms. The van der Waals surface area contributed by atoms with Gasteiger partial charge in [-0.15, -0.1) is 0 Å². The highest BCUT2D eigenvalue weighted by atomic mass is 19.4. The van der Waals surface area contributed by atoms with E-state index in [0.717, 1.165) is 12.1 Å². The van der Waals surface area contributed by atoms with Gasteiger partial charge >= 0.3 is 6.18 Å². The number of anilines is 1. The van der Waals surface area contributed by atoms with Crippen LogP contribution >= 0.6 is 0 Å². The number of rotatable bonds is 6. The summed E-state index contributed by atoms with van der Waals surface area (Å²) in [5.41, 5.74) is 0.0429. The minimum Gasteiger partial charge on any atom is -0.497 e. The number of ether oxygens (including phenoxy) is 2. The van der Waals surface area contributed by atoms with Gasteiger partial charge in [0.25, 0.3) is 0 Å². The van der Waals surface area contributed by atoms with Crippen LogP contribution in [0.1, 0.15) is 11.1 Å². The number of nitrogens with one attached hydrogen (secondary N) is 1. The van der Waals surface area contributed by atoms with Gasteiger partial charge < -0.3 is 14.8 Å². The lowest BCUT2D eigenvalue weighted by atomic mass is 10.1. The molecule has 2 aromatic carbocycles. The summed E-state index contributed by atoms with van der Waals surface area (Å²) in [4.78, 5) is 16.4. The van der Waals surface area contributed by atoms with E-state index in [1.807, 2.05) is 0 Å². The Hall–Kier alpha value is -3.55. The highest BCUT2D eigenvalue weighted by molar-refractivity contribution is 5.93. The lowest BCUT2D eigenvalue weighted by Crippen LogP contribution is -2.15. The number of amides is 1. The van der Waals surface area contributed by atoms with E-state index in [1.165, 1.54) is 18.3 Å².